The maximum absolute atomic E-state index is 12.9. The lowest BCUT2D eigenvalue weighted by molar-refractivity contribution is 0.0377. The van der Waals surface area contributed by atoms with Crippen molar-refractivity contribution in [1.29, 1.82) is 0 Å². The van der Waals surface area contributed by atoms with E-state index < -0.39 is 12.1 Å². The van der Waals surface area contributed by atoms with Gasteiger partial charge in [-0.15, -0.1) is 0 Å². The molecule has 5 heteroatoms. The summed E-state index contributed by atoms with van der Waals surface area (Å²) in [6.07, 6.45) is 6.12. The third-order valence-corrected chi connectivity index (χ3v) is 4.36. The maximum Gasteiger partial charge on any atom is 0.340 e. The second kappa shape index (κ2) is 7.33. The largest absolute Gasteiger partial charge is 0.449 e. The summed E-state index contributed by atoms with van der Waals surface area (Å²) in [7, 11) is 0. The Morgan fingerprint density at radius 2 is 1.81 bits per heavy atom. The van der Waals surface area contributed by atoms with E-state index in [1.165, 1.54) is 6.20 Å². The molecule has 1 unspecified atom stereocenters. The van der Waals surface area contributed by atoms with Crippen LogP contribution in [0.4, 0.5) is 0 Å². The Morgan fingerprint density at radius 1 is 0.963 bits per heavy atom. The molecule has 0 amide bonds. The number of hydrogen-bond donors (Lipinski definition) is 0. The van der Waals surface area contributed by atoms with E-state index in [9.17, 15) is 4.79 Å². The first-order chi connectivity index (χ1) is 13.2. The molecular weight excluding hydrogens is 338 g/mol. The Kier molecular flexibility index (Phi) is 4.58. The van der Waals surface area contributed by atoms with Crippen LogP contribution in [0.1, 0.15) is 33.2 Å². The normalized spacial score (nSPS) is 11.9. The van der Waals surface area contributed by atoms with Gasteiger partial charge in [-0.25, -0.2) is 14.8 Å². The predicted molar refractivity (Wildman–Crippen MR) is 102 cm³/mol. The van der Waals surface area contributed by atoms with Crippen molar-refractivity contribution in [3.8, 4) is 0 Å². The number of aromatic nitrogens is 3. The van der Waals surface area contributed by atoms with Gasteiger partial charge in [0, 0.05) is 35.7 Å². The Labute approximate surface area is 156 Å². The lowest BCUT2D eigenvalue weighted by Crippen LogP contribution is -2.14. The first kappa shape index (κ1) is 16.8. The number of pyridine rings is 3. The van der Waals surface area contributed by atoms with Gasteiger partial charge in [0.1, 0.15) is 0 Å². The molecule has 0 radical (unpaired) electrons. The van der Waals surface area contributed by atoms with Crippen molar-refractivity contribution in [1.82, 2.24) is 15.0 Å². The number of aryl methyl sites for hydroxylation is 1. The van der Waals surface area contributed by atoms with Crippen molar-refractivity contribution >= 4 is 17.0 Å². The minimum Gasteiger partial charge on any atom is -0.449 e. The summed E-state index contributed by atoms with van der Waals surface area (Å²) >= 11 is 0. The van der Waals surface area contributed by atoms with Crippen LogP contribution in [0.2, 0.25) is 0 Å². The predicted octanol–water partition coefficient (Wildman–Crippen LogP) is 4.28. The monoisotopic (exact) mass is 355 g/mol. The van der Waals surface area contributed by atoms with E-state index in [0.29, 0.717) is 11.2 Å². The van der Waals surface area contributed by atoms with Gasteiger partial charge in [0.2, 0.25) is 0 Å². The molecule has 4 aromatic rings. The van der Waals surface area contributed by atoms with Crippen molar-refractivity contribution in [3.05, 3.63) is 102 Å². The van der Waals surface area contributed by atoms with Crippen LogP contribution < -0.4 is 0 Å². The van der Waals surface area contributed by atoms with Crippen LogP contribution in [-0.4, -0.2) is 20.9 Å². The summed E-state index contributed by atoms with van der Waals surface area (Å²) in [4.78, 5) is 25.4. The molecule has 132 valence electrons. The number of fused-ring (bicyclic) bond motifs is 1. The standard InChI is InChI=1S/C22H17N3O2/c1-15-13-23-11-9-19(15)20(16-6-3-2-4-7-16)27-22(26)18-12-17-8-5-10-24-21(17)25-14-18/h2-14,20H,1H3. The van der Waals surface area contributed by atoms with Crippen LogP contribution in [0.3, 0.4) is 0 Å². The number of hydrogen-bond acceptors (Lipinski definition) is 5. The first-order valence-corrected chi connectivity index (χ1v) is 8.59. The molecule has 0 fully saturated rings. The van der Waals surface area contributed by atoms with Gasteiger partial charge in [-0.1, -0.05) is 30.3 Å². The summed E-state index contributed by atoms with van der Waals surface area (Å²) in [5.74, 6) is -0.432. The highest BCUT2D eigenvalue weighted by molar-refractivity contribution is 5.93. The molecule has 0 saturated heterocycles. The quantitative estimate of drug-likeness (QED) is 0.511. The summed E-state index contributed by atoms with van der Waals surface area (Å²) < 4.78 is 5.91. The fourth-order valence-corrected chi connectivity index (χ4v) is 2.97. The molecule has 1 aromatic carbocycles. The van der Waals surface area contributed by atoms with Crippen molar-refractivity contribution in [3.63, 3.8) is 0 Å². The van der Waals surface area contributed by atoms with Crippen molar-refractivity contribution in [2.24, 2.45) is 0 Å². The molecular formula is C22H17N3O2. The Morgan fingerprint density at radius 3 is 2.63 bits per heavy atom. The molecule has 4 rings (SSSR count). The fraction of sp³-hybridized carbons (Fsp3) is 0.0909. The van der Waals surface area contributed by atoms with Crippen LogP contribution in [0, 0.1) is 6.92 Å². The topological polar surface area (TPSA) is 65.0 Å². The molecule has 0 spiro atoms. The van der Waals surface area contributed by atoms with Gasteiger partial charge in [0.05, 0.1) is 5.56 Å². The second-order valence-electron chi connectivity index (χ2n) is 6.20. The van der Waals surface area contributed by atoms with E-state index >= 15 is 0 Å². The lowest BCUT2D eigenvalue weighted by atomic mass is 9.99. The minimum atomic E-state index is -0.522. The Bertz CT molecular complexity index is 1100. The molecule has 0 N–H and O–H groups in total. The number of benzene rings is 1. The number of rotatable bonds is 4. The van der Waals surface area contributed by atoms with Gasteiger partial charge in [-0.05, 0) is 42.3 Å². The van der Waals surface area contributed by atoms with Gasteiger partial charge in [-0.2, -0.15) is 0 Å². The van der Waals surface area contributed by atoms with Gasteiger partial charge in [-0.3, -0.25) is 4.98 Å². The summed E-state index contributed by atoms with van der Waals surface area (Å²) in [6, 6.07) is 17.0. The van der Waals surface area contributed by atoms with Crippen molar-refractivity contribution in [2.75, 3.05) is 0 Å². The van der Waals surface area contributed by atoms with E-state index in [-0.39, 0.29) is 0 Å². The van der Waals surface area contributed by atoms with E-state index in [4.69, 9.17) is 4.74 Å². The maximum atomic E-state index is 12.9. The van der Waals surface area contributed by atoms with Gasteiger partial charge in [0.15, 0.2) is 11.8 Å². The van der Waals surface area contributed by atoms with E-state index in [1.807, 2.05) is 55.5 Å². The highest BCUT2D eigenvalue weighted by Crippen LogP contribution is 2.29. The number of ether oxygens (including phenoxy) is 1. The van der Waals surface area contributed by atoms with Crippen molar-refractivity contribution in [2.45, 2.75) is 13.0 Å². The first-order valence-electron chi connectivity index (χ1n) is 8.59. The number of nitrogens with zero attached hydrogens (tertiary/aromatic N) is 3. The molecule has 0 bridgehead atoms. The molecule has 5 nitrogen and oxygen atoms in total. The molecule has 1 atom stereocenters. The summed E-state index contributed by atoms with van der Waals surface area (Å²) in [5, 5.41) is 0.795. The summed E-state index contributed by atoms with van der Waals surface area (Å²) in [6.45, 7) is 1.95. The molecule has 3 aromatic heterocycles. The average molecular weight is 355 g/mol. The lowest BCUT2D eigenvalue weighted by Gasteiger charge is -2.20. The average Bonchev–Trinajstić information content (AvgIpc) is 2.73. The van der Waals surface area contributed by atoms with Crippen molar-refractivity contribution < 1.29 is 9.53 Å². The van der Waals surface area contributed by atoms with Gasteiger partial charge in [0.25, 0.3) is 0 Å². The van der Waals surface area contributed by atoms with Crippen LogP contribution in [0.5, 0.6) is 0 Å². The molecule has 0 aliphatic carbocycles. The van der Waals surface area contributed by atoms with E-state index in [1.54, 1.807) is 24.7 Å². The number of esters is 1. The number of carbonyl (C=O) groups is 1. The van der Waals surface area contributed by atoms with Crippen LogP contribution in [-0.2, 0) is 4.74 Å². The Balaban J connectivity index is 1.70. The smallest absolute Gasteiger partial charge is 0.340 e. The summed E-state index contributed by atoms with van der Waals surface area (Å²) in [5.41, 5.74) is 3.75. The highest BCUT2D eigenvalue weighted by Gasteiger charge is 2.22. The molecule has 0 aliphatic heterocycles. The molecule has 0 saturated carbocycles. The van der Waals surface area contributed by atoms with Crippen LogP contribution in [0.15, 0.2) is 79.4 Å². The van der Waals surface area contributed by atoms with E-state index in [0.717, 1.165) is 22.1 Å². The fourth-order valence-electron chi connectivity index (χ4n) is 2.97. The third kappa shape index (κ3) is 3.53. The van der Waals surface area contributed by atoms with Gasteiger partial charge < -0.3 is 4.74 Å². The second-order valence-corrected chi connectivity index (χ2v) is 6.20. The SMILES string of the molecule is Cc1cnccc1C(OC(=O)c1cnc2ncccc2c1)c1ccccc1. The van der Waals surface area contributed by atoms with Gasteiger partial charge >= 0.3 is 5.97 Å². The molecule has 0 aliphatic rings. The molecule has 27 heavy (non-hydrogen) atoms. The van der Waals surface area contributed by atoms with E-state index in [2.05, 4.69) is 15.0 Å². The third-order valence-electron chi connectivity index (χ3n) is 4.36. The highest BCUT2D eigenvalue weighted by atomic mass is 16.5. The van der Waals surface area contributed by atoms with Crippen LogP contribution >= 0.6 is 0 Å². The van der Waals surface area contributed by atoms with Crippen LogP contribution in [0.25, 0.3) is 11.0 Å². The molecule has 3 heterocycles. The zero-order valence-electron chi connectivity index (χ0n) is 14.7. The number of carbonyl (C=O) groups excluding carboxylic acids is 1. The Hall–Kier alpha value is -3.60. The zero-order chi connectivity index (χ0) is 18.6. The zero-order valence-corrected chi connectivity index (χ0v) is 14.7. The minimum absolute atomic E-state index is 0.392.